The molecular weight excluding hydrogens is 302 g/mol. The minimum atomic E-state index is -4.22. The van der Waals surface area contributed by atoms with Gasteiger partial charge in [-0.25, -0.2) is 22.3 Å². The first-order valence-electron chi connectivity index (χ1n) is 6.51. The molecular formula is C13H16F2N2O3S. The second kappa shape index (κ2) is 5.69. The number of nitrogens with one attached hydrogen (secondary N) is 1. The maximum atomic E-state index is 13.7. The van der Waals surface area contributed by atoms with Crippen molar-refractivity contribution in [2.45, 2.75) is 37.1 Å². The van der Waals surface area contributed by atoms with E-state index in [4.69, 9.17) is 5.14 Å². The standard InChI is InChI=1S/C13H16F2N2O3S/c1-7-2-3-8(4-7)17-13(18)10-5-9(21(16,19)20)6-11(14)12(10)15/h5-8H,2-4H2,1H3,(H,17,18)(H2,16,19,20). The third kappa shape index (κ3) is 3.56. The molecule has 116 valence electrons. The quantitative estimate of drug-likeness (QED) is 0.885. The normalized spacial score (nSPS) is 22.3. The van der Waals surface area contributed by atoms with Gasteiger partial charge in [0.2, 0.25) is 10.0 Å². The summed E-state index contributed by atoms with van der Waals surface area (Å²) in [5.41, 5.74) is -0.654. The summed E-state index contributed by atoms with van der Waals surface area (Å²) < 4.78 is 49.6. The van der Waals surface area contributed by atoms with Crippen molar-refractivity contribution in [2.75, 3.05) is 0 Å². The van der Waals surface area contributed by atoms with E-state index in [2.05, 4.69) is 5.32 Å². The molecule has 2 unspecified atom stereocenters. The molecule has 0 aliphatic heterocycles. The Hall–Kier alpha value is -1.54. The van der Waals surface area contributed by atoms with Crippen molar-refractivity contribution >= 4 is 15.9 Å². The number of hydrogen-bond donors (Lipinski definition) is 2. The molecule has 1 aromatic carbocycles. The predicted octanol–water partition coefficient (Wildman–Crippen LogP) is 1.53. The first kappa shape index (κ1) is 15.8. The molecule has 3 N–H and O–H groups in total. The van der Waals surface area contributed by atoms with Crippen LogP contribution in [-0.4, -0.2) is 20.4 Å². The Bertz CT molecular complexity index is 676. The van der Waals surface area contributed by atoms with Crippen LogP contribution in [0, 0.1) is 17.6 Å². The van der Waals surface area contributed by atoms with Crippen LogP contribution >= 0.6 is 0 Å². The van der Waals surface area contributed by atoms with Crippen molar-refractivity contribution in [2.24, 2.45) is 11.1 Å². The van der Waals surface area contributed by atoms with Crippen molar-refractivity contribution in [1.82, 2.24) is 5.32 Å². The molecule has 1 aliphatic carbocycles. The molecule has 1 fully saturated rings. The van der Waals surface area contributed by atoms with Gasteiger partial charge in [-0.2, -0.15) is 0 Å². The van der Waals surface area contributed by atoms with E-state index in [0.29, 0.717) is 12.0 Å². The van der Waals surface area contributed by atoms with Crippen molar-refractivity contribution in [3.63, 3.8) is 0 Å². The van der Waals surface area contributed by atoms with Crippen molar-refractivity contribution in [3.05, 3.63) is 29.3 Å². The van der Waals surface area contributed by atoms with Gasteiger partial charge in [0.1, 0.15) is 0 Å². The van der Waals surface area contributed by atoms with Gasteiger partial charge in [0.05, 0.1) is 10.5 Å². The van der Waals surface area contributed by atoms with Crippen LogP contribution in [0.2, 0.25) is 0 Å². The lowest BCUT2D eigenvalue weighted by Crippen LogP contribution is -2.33. The van der Waals surface area contributed by atoms with Crippen molar-refractivity contribution < 1.29 is 22.0 Å². The van der Waals surface area contributed by atoms with Gasteiger partial charge in [-0.05, 0) is 37.3 Å². The van der Waals surface area contributed by atoms with Gasteiger partial charge in [-0.1, -0.05) is 6.92 Å². The Morgan fingerprint density at radius 2 is 2.00 bits per heavy atom. The first-order valence-corrected chi connectivity index (χ1v) is 8.06. The lowest BCUT2D eigenvalue weighted by Gasteiger charge is -2.13. The molecule has 5 nitrogen and oxygen atoms in total. The number of hydrogen-bond acceptors (Lipinski definition) is 3. The highest BCUT2D eigenvalue weighted by Crippen LogP contribution is 2.25. The third-order valence-corrected chi connectivity index (χ3v) is 4.50. The van der Waals surface area contributed by atoms with Gasteiger partial charge in [0.25, 0.3) is 5.91 Å². The van der Waals surface area contributed by atoms with Crippen LogP contribution in [0.1, 0.15) is 36.5 Å². The van der Waals surface area contributed by atoms with Crippen molar-refractivity contribution in [3.8, 4) is 0 Å². The maximum absolute atomic E-state index is 13.7. The summed E-state index contributed by atoms with van der Waals surface area (Å²) in [4.78, 5) is 11.4. The monoisotopic (exact) mass is 318 g/mol. The van der Waals surface area contributed by atoms with E-state index < -0.39 is 38.0 Å². The molecule has 1 saturated carbocycles. The lowest BCUT2D eigenvalue weighted by atomic mass is 10.1. The number of sulfonamides is 1. The number of benzene rings is 1. The van der Waals surface area contributed by atoms with Crippen LogP contribution in [0.5, 0.6) is 0 Å². The number of amides is 1. The molecule has 21 heavy (non-hydrogen) atoms. The number of nitrogens with two attached hydrogens (primary N) is 1. The van der Waals surface area contributed by atoms with Gasteiger partial charge in [0.15, 0.2) is 11.6 Å². The molecule has 0 radical (unpaired) electrons. The number of primary sulfonamides is 1. The van der Waals surface area contributed by atoms with Crippen LogP contribution in [0.15, 0.2) is 17.0 Å². The van der Waals surface area contributed by atoms with E-state index >= 15 is 0 Å². The van der Waals surface area contributed by atoms with E-state index in [1.54, 1.807) is 0 Å². The molecule has 8 heteroatoms. The van der Waals surface area contributed by atoms with E-state index in [-0.39, 0.29) is 6.04 Å². The molecule has 1 aromatic rings. The number of carbonyl (C=O) groups is 1. The first-order chi connectivity index (χ1) is 9.68. The van der Waals surface area contributed by atoms with E-state index in [1.165, 1.54) is 0 Å². The van der Waals surface area contributed by atoms with Crippen LogP contribution in [0.3, 0.4) is 0 Å². The summed E-state index contributed by atoms with van der Waals surface area (Å²) in [6.45, 7) is 2.04. The summed E-state index contributed by atoms with van der Waals surface area (Å²) in [6, 6.07) is 1.09. The highest BCUT2D eigenvalue weighted by molar-refractivity contribution is 7.89. The molecule has 0 saturated heterocycles. The maximum Gasteiger partial charge on any atom is 0.254 e. The Kier molecular flexibility index (Phi) is 4.29. The number of rotatable bonds is 3. The van der Waals surface area contributed by atoms with Crippen LogP contribution in [0.4, 0.5) is 8.78 Å². The fourth-order valence-electron chi connectivity index (χ4n) is 2.50. The molecule has 1 aliphatic rings. The van der Waals surface area contributed by atoms with Gasteiger partial charge in [0, 0.05) is 6.04 Å². The predicted molar refractivity (Wildman–Crippen MR) is 72.0 cm³/mol. The summed E-state index contributed by atoms with van der Waals surface area (Å²) in [5.74, 6) is -3.19. The molecule has 0 spiro atoms. The Labute approximate surface area is 121 Å². The molecule has 2 rings (SSSR count). The number of halogens is 2. The van der Waals surface area contributed by atoms with Gasteiger partial charge in [-0.15, -0.1) is 0 Å². The second-order valence-corrected chi connectivity index (χ2v) is 6.96. The van der Waals surface area contributed by atoms with Gasteiger partial charge in [-0.3, -0.25) is 4.79 Å². The molecule has 1 amide bonds. The Morgan fingerprint density at radius 1 is 1.33 bits per heavy atom. The fourth-order valence-corrected chi connectivity index (χ4v) is 3.04. The Balaban J connectivity index is 2.30. The van der Waals surface area contributed by atoms with Gasteiger partial charge < -0.3 is 5.32 Å². The average molecular weight is 318 g/mol. The largest absolute Gasteiger partial charge is 0.349 e. The lowest BCUT2D eigenvalue weighted by molar-refractivity contribution is 0.0932. The van der Waals surface area contributed by atoms with Crippen LogP contribution < -0.4 is 10.5 Å². The minimum Gasteiger partial charge on any atom is -0.349 e. The minimum absolute atomic E-state index is 0.117. The summed E-state index contributed by atoms with van der Waals surface area (Å²) in [5, 5.41) is 7.47. The summed E-state index contributed by atoms with van der Waals surface area (Å²) in [7, 11) is -4.22. The summed E-state index contributed by atoms with van der Waals surface area (Å²) in [6.07, 6.45) is 2.45. The van der Waals surface area contributed by atoms with E-state index in [9.17, 15) is 22.0 Å². The highest BCUT2D eigenvalue weighted by Gasteiger charge is 2.26. The van der Waals surface area contributed by atoms with Crippen LogP contribution in [-0.2, 0) is 10.0 Å². The summed E-state index contributed by atoms with van der Waals surface area (Å²) >= 11 is 0. The van der Waals surface area contributed by atoms with Crippen LogP contribution in [0.25, 0.3) is 0 Å². The zero-order valence-electron chi connectivity index (χ0n) is 11.4. The fraction of sp³-hybridized carbons (Fsp3) is 0.462. The Morgan fingerprint density at radius 3 is 2.52 bits per heavy atom. The third-order valence-electron chi connectivity index (χ3n) is 3.60. The topological polar surface area (TPSA) is 89.3 Å². The SMILES string of the molecule is CC1CCC(NC(=O)c2cc(S(N)(=O)=O)cc(F)c2F)C1. The smallest absolute Gasteiger partial charge is 0.254 e. The average Bonchev–Trinajstić information content (AvgIpc) is 2.76. The van der Waals surface area contributed by atoms with Crippen molar-refractivity contribution in [1.29, 1.82) is 0 Å². The zero-order valence-corrected chi connectivity index (χ0v) is 12.2. The number of carbonyl (C=O) groups excluding carboxylic acids is 1. The molecule has 0 heterocycles. The zero-order chi connectivity index (χ0) is 15.8. The van der Waals surface area contributed by atoms with E-state index in [0.717, 1.165) is 25.3 Å². The molecule has 0 aromatic heterocycles. The molecule has 0 bridgehead atoms. The van der Waals surface area contributed by atoms with Gasteiger partial charge >= 0.3 is 0 Å². The second-order valence-electron chi connectivity index (χ2n) is 5.40. The highest BCUT2D eigenvalue weighted by atomic mass is 32.2. The molecule has 2 atom stereocenters. The van der Waals surface area contributed by atoms with E-state index in [1.807, 2.05) is 6.92 Å².